The van der Waals surface area contributed by atoms with Gasteiger partial charge >= 0.3 is 5.97 Å². The van der Waals surface area contributed by atoms with Gasteiger partial charge < -0.3 is 15.1 Å². The molecule has 0 bridgehead atoms. The Kier molecular flexibility index (Phi) is 2.78. The van der Waals surface area contributed by atoms with Crippen LogP contribution in [0.4, 0.5) is 5.82 Å². The summed E-state index contributed by atoms with van der Waals surface area (Å²) in [6.07, 6.45) is 2.17. The molecule has 5 nitrogen and oxygen atoms in total. The highest BCUT2D eigenvalue weighted by molar-refractivity contribution is 5.77. The molecule has 0 atom stereocenters. The van der Waals surface area contributed by atoms with Gasteiger partial charge in [0.1, 0.15) is 5.82 Å². The molecule has 1 aromatic heterocycles. The van der Waals surface area contributed by atoms with Crippen molar-refractivity contribution in [3.63, 3.8) is 0 Å². The molecule has 0 saturated carbocycles. The number of carboxylic acids is 1. The fourth-order valence-corrected chi connectivity index (χ4v) is 1.86. The Morgan fingerprint density at radius 3 is 2.56 bits per heavy atom. The van der Waals surface area contributed by atoms with E-state index in [1.165, 1.54) is 0 Å². The predicted molar refractivity (Wildman–Crippen MR) is 58.3 cm³/mol. The van der Waals surface area contributed by atoms with Gasteiger partial charge in [0.25, 0.3) is 0 Å². The number of hydrogen-bond donors (Lipinski definition) is 2. The molecule has 16 heavy (non-hydrogen) atoms. The topological polar surface area (TPSA) is 73.7 Å². The molecule has 2 heterocycles. The first-order chi connectivity index (χ1) is 7.62. The SMILES string of the molecule is O=C(O)C1(O)CCN(c2ccccn2)CC1. The monoisotopic (exact) mass is 222 g/mol. The summed E-state index contributed by atoms with van der Waals surface area (Å²) >= 11 is 0. The molecule has 1 saturated heterocycles. The number of hydrogen-bond acceptors (Lipinski definition) is 4. The van der Waals surface area contributed by atoms with E-state index in [9.17, 15) is 9.90 Å². The van der Waals surface area contributed by atoms with Gasteiger partial charge in [-0.25, -0.2) is 9.78 Å². The smallest absolute Gasteiger partial charge is 0.335 e. The van der Waals surface area contributed by atoms with Crippen molar-refractivity contribution in [3.05, 3.63) is 24.4 Å². The van der Waals surface area contributed by atoms with Crippen LogP contribution in [0.2, 0.25) is 0 Å². The van der Waals surface area contributed by atoms with Gasteiger partial charge in [-0.3, -0.25) is 0 Å². The molecule has 1 aliphatic heterocycles. The molecule has 0 aliphatic carbocycles. The Bertz CT molecular complexity index is 372. The van der Waals surface area contributed by atoms with Gasteiger partial charge in [-0.2, -0.15) is 0 Å². The quantitative estimate of drug-likeness (QED) is 0.762. The molecule has 86 valence electrons. The number of aliphatic hydroxyl groups is 1. The van der Waals surface area contributed by atoms with Crippen molar-refractivity contribution < 1.29 is 15.0 Å². The van der Waals surface area contributed by atoms with E-state index in [-0.39, 0.29) is 12.8 Å². The van der Waals surface area contributed by atoms with Gasteiger partial charge in [-0.1, -0.05) is 6.07 Å². The number of rotatable bonds is 2. The second kappa shape index (κ2) is 4.09. The van der Waals surface area contributed by atoms with Crippen LogP contribution in [0.15, 0.2) is 24.4 Å². The zero-order valence-corrected chi connectivity index (χ0v) is 8.83. The van der Waals surface area contributed by atoms with Crippen LogP contribution in [-0.4, -0.2) is 39.9 Å². The largest absolute Gasteiger partial charge is 0.479 e. The maximum absolute atomic E-state index is 10.8. The van der Waals surface area contributed by atoms with Crippen LogP contribution in [0.25, 0.3) is 0 Å². The molecule has 2 rings (SSSR count). The maximum atomic E-state index is 10.8. The van der Waals surface area contributed by atoms with E-state index in [2.05, 4.69) is 4.98 Å². The zero-order chi connectivity index (χ0) is 11.6. The first-order valence-corrected chi connectivity index (χ1v) is 5.23. The van der Waals surface area contributed by atoms with Crippen molar-refractivity contribution in [2.24, 2.45) is 0 Å². The lowest BCUT2D eigenvalue weighted by molar-refractivity contribution is -0.160. The first kappa shape index (κ1) is 10.9. The van der Waals surface area contributed by atoms with Gasteiger partial charge in [0.2, 0.25) is 0 Å². The van der Waals surface area contributed by atoms with Gasteiger partial charge in [0.05, 0.1) is 0 Å². The highest BCUT2D eigenvalue weighted by Crippen LogP contribution is 2.25. The standard InChI is InChI=1S/C11H14N2O3/c14-10(15)11(16)4-7-13(8-5-11)9-3-1-2-6-12-9/h1-3,6,16H,4-5,7-8H2,(H,14,15). The second-order valence-corrected chi connectivity index (χ2v) is 4.01. The molecule has 0 aromatic carbocycles. The molecule has 1 fully saturated rings. The Balaban J connectivity index is 2.03. The summed E-state index contributed by atoms with van der Waals surface area (Å²) in [5, 5.41) is 18.6. The average Bonchev–Trinajstić information content (AvgIpc) is 2.31. The molecule has 1 aliphatic rings. The number of aromatic nitrogens is 1. The minimum Gasteiger partial charge on any atom is -0.479 e. The lowest BCUT2D eigenvalue weighted by atomic mass is 9.92. The average molecular weight is 222 g/mol. The number of nitrogens with zero attached hydrogens (tertiary/aromatic N) is 2. The molecule has 0 unspecified atom stereocenters. The predicted octanol–water partition coefficient (Wildman–Crippen LogP) is 0.498. The van der Waals surface area contributed by atoms with Gasteiger partial charge in [-0.05, 0) is 12.1 Å². The third-order valence-electron chi connectivity index (χ3n) is 2.96. The summed E-state index contributed by atoms with van der Waals surface area (Å²) < 4.78 is 0. The van der Waals surface area contributed by atoms with Gasteiger partial charge in [-0.15, -0.1) is 0 Å². The van der Waals surface area contributed by atoms with E-state index in [4.69, 9.17) is 5.11 Å². The van der Waals surface area contributed by atoms with Crippen LogP contribution >= 0.6 is 0 Å². The van der Waals surface area contributed by atoms with Crippen LogP contribution in [0, 0.1) is 0 Å². The van der Waals surface area contributed by atoms with Crippen LogP contribution in [0.1, 0.15) is 12.8 Å². The fraction of sp³-hybridized carbons (Fsp3) is 0.455. The summed E-state index contributed by atoms with van der Waals surface area (Å²) in [7, 11) is 0. The van der Waals surface area contributed by atoms with Crippen molar-refractivity contribution in [3.8, 4) is 0 Å². The molecule has 2 N–H and O–H groups in total. The highest BCUT2D eigenvalue weighted by atomic mass is 16.4. The van der Waals surface area contributed by atoms with E-state index in [1.807, 2.05) is 23.1 Å². The molecular formula is C11H14N2O3. The third-order valence-corrected chi connectivity index (χ3v) is 2.96. The number of anilines is 1. The lowest BCUT2D eigenvalue weighted by Gasteiger charge is -2.35. The van der Waals surface area contributed by atoms with E-state index in [0.717, 1.165) is 5.82 Å². The molecular weight excluding hydrogens is 208 g/mol. The van der Waals surface area contributed by atoms with Crippen LogP contribution in [0.3, 0.4) is 0 Å². The Labute approximate surface area is 93.3 Å². The van der Waals surface area contributed by atoms with Crippen molar-refractivity contribution >= 4 is 11.8 Å². The molecule has 0 spiro atoms. The number of pyridine rings is 1. The minimum atomic E-state index is -1.56. The summed E-state index contributed by atoms with van der Waals surface area (Å²) in [6, 6.07) is 5.60. The Hall–Kier alpha value is -1.62. The van der Waals surface area contributed by atoms with E-state index < -0.39 is 11.6 Å². The number of piperidine rings is 1. The number of carbonyl (C=O) groups is 1. The zero-order valence-electron chi connectivity index (χ0n) is 8.83. The van der Waals surface area contributed by atoms with Crippen molar-refractivity contribution in [2.75, 3.05) is 18.0 Å². The third kappa shape index (κ3) is 1.99. The first-order valence-electron chi connectivity index (χ1n) is 5.23. The Morgan fingerprint density at radius 2 is 2.06 bits per heavy atom. The fourth-order valence-electron chi connectivity index (χ4n) is 1.86. The van der Waals surface area contributed by atoms with Gasteiger partial charge in [0.15, 0.2) is 5.60 Å². The highest BCUT2D eigenvalue weighted by Gasteiger charge is 2.39. The molecule has 0 amide bonds. The van der Waals surface area contributed by atoms with Crippen LogP contribution in [0.5, 0.6) is 0 Å². The normalized spacial score (nSPS) is 19.4. The minimum absolute atomic E-state index is 0.235. The lowest BCUT2D eigenvalue weighted by Crippen LogP contribution is -2.49. The second-order valence-electron chi connectivity index (χ2n) is 4.01. The maximum Gasteiger partial charge on any atom is 0.335 e. The summed E-state index contributed by atoms with van der Waals surface area (Å²) in [6.45, 7) is 1.03. The molecule has 1 aromatic rings. The number of aliphatic carboxylic acids is 1. The van der Waals surface area contributed by atoms with Crippen LogP contribution in [-0.2, 0) is 4.79 Å². The van der Waals surface area contributed by atoms with E-state index in [1.54, 1.807) is 6.20 Å². The van der Waals surface area contributed by atoms with Crippen molar-refractivity contribution in [1.29, 1.82) is 0 Å². The summed E-state index contributed by atoms with van der Waals surface area (Å²) in [5.41, 5.74) is -1.56. The van der Waals surface area contributed by atoms with E-state index >= 15 is 0 Å². The molecule has 5 heteroatoms. The van der Waals surface area contributed by atoms with Crippen LogP contribution < -0.4 is 4.90 Å². The Morgan fingerprint density at radius 1 is 1.38 bits per heavy atom. The number of carboxylic acid groups (broad SMARTS) is 1. The van der Waals surface area contributed by atoms with Gasteiger partial charge in [0, 0.05) is 32.1 Å². The van der Waals surface area contributed by atoms with Crippen molar-refractivity contribution in [2.45, 2.75) is 18.4 Å². The summed E-state index contributed by atoms with van der Waals surface area (Å²) in [5.74, 6) is -0.303. The van der Waals surface area contributed by atoms with E-state index in [0.29, 0.717) is 13.1 Å². The molecule has 0 radical (unpaired) electrons. The van der Waals surface area contributed by atoms with Crippen molar-refractivity contribution in [1.82, 2.24) is 4.98 Å². The summed E-state index contributed by atoms with van der Waals surface area (Å²) in [4.78, 5) is 17.0.